The highest BCUT2D eigenvalue weighted by atomic mass is 16.5. The molecule has 1 aromatic heterocycles. The average Bonchev–Trinajstić information content (AvgIpc) is 2.95. The second kappa shape index (κ2) is 14.5. The third-order valence-electron chi connectivity index (χ3n) is 5.84. The normalized spacial score (nSPS) is 11.3. The zero-order valence-electron chi connectivity index (χ0n) is 22.8. The molecule has 0 aliphatic heterocycles. The van der Waals surface area contributed by atoms with Gasteiger partial charge in [-0.1, -0.05) is 11.2 Å². The maximum Gasteiger partial charge on any atom is 0.306 e. The molecule has 1 heterocycles. The van der Waals surface area contributed by atoms with Crippen molar-refractivity contribution in [2.45, 2.75) is 52.9 Å². The van der Waals surface area contributed by atoms with Crippen molar-refractivity contribution >= 4 is 29.2 Å². The summed E-state index contributed by atoms with van der Waals surface area (Å²) in [7, 11) is 0. The van der Waals surface area contributed by atoms with Crippen molar-refractivity contribution in [3.63, 3.8) is 0 Å². The van der Waals surface area contributed by atoms with Crippen molar-refractivity contribution in [2.75, 3.05) is 17.2 Å². The molecule has 2 aromatic carbocycles. The summed E-state index contributed by atoms with van der Waals surface area (Å²) in [6.07, 6.45) is 1.99. The van der Waals surface area contributed by atoms with Gasteiger partial charge in [-0.2, -0.15) is 0 Å². The van der Waals surface area contributed by atoms with E-state index in [9.17, 15) is 14.7 Å². The lowest BCUT2D eigenvalue weighted by Crippen LogP contribution is -2.17. The van der Waals surface area contributed by atoms with Gasteiger partial charge >= 0.3 is 5.97 Å². The van der Waals surface area contributed by atoms with Gasteiger partial charge < -0.3 is 36.2 Å². The Balaban J connectivity index is 1.85. The first-order valence-electron chi connectivity index (χ1n) is 12.9. The molecule has 3 aromatic rings. The van der Waals surface area contributed by atoms with Gasteiger partial charge in [0.05, 0.1) is 24.9 Å². The number of carbonyl (C=O) groups is 2. The van der Waals surface area contributed by atoms with Crippen LogP contribution in [-0.4, -0.2) is 45.7 Å². The fraction of sp³-hybridized carbons (Fsp3) is 0.310. The Morgan fingerprint density at radius 1 is 1.15 bits per heavy atom. The SMILES string of the molecule is CCOC(=O)CCc1c(CNc2ncccc2C(=O)Nc2ccc(/C(N)=N/O)cc2)cc(CO)cc1OC(C)C. The minimum atomic E-state index is -0.386. The standard InChI is InChI=1S/C29H35N5O6/c1-4-39-26(36)12-11-23-21(14-19(17-35)15-25(23)40-18(2)3)16-32-28-24(6-5-13-31-28)29(37)33-22-9-7-20(8-10-22)27(30)34-38/h5-10,13-15,18,35,38H,4,11-12,16-17H2,1-3H3,(H2,30,34)(H,31,32)(H,33,37). The van der Waals surface area contributed by atoms with Gasteiger partial charge in [-0.15, -0.1) is 0 Å². The summed E-state index contributed by atoms with van der Waals surface area (Å²) < 4.78 is 11.1. The van der Waals surface area contributed by atoms with E-state index in [2.05, 4.69) is 20.8 Å². The lowest BCUT2D eigenvalue weighted by atomic mass is 9.98. The number of amides is 1. The molecule has 1 amide bonds. The van der Waals surface area contributed by atoms with Crippen molar-refractivity contribution in [1.82, 2.24) is 4.98 Å². The molecule has 0 saturated heterocycles. The first-order chi connectivity index (χ1) is 19.2. The van der Waals surface area contributed by atoms with E-state index in [1.54, 1.807) is 55.6 Å². The number of rotatable bonds is 13. The molecule has 0 bridgehead atoms. The third kappa shape index (κ3) is 8.18. The number of aliphatic hydroxyl groups is 1. The van der Waals surface area contributed by atoms with Gasteiger partial charge in [0.2, 0.25) is 0 Å². The van der Waals surface area contributed by atoms with Crippen LogP contribution in [0.3, 0.4) is 0 Å². The fourth-order valence-electron chi connectivity index (χ4n) is 4.01. The van der Waals surface area contributed by atoms with Gasteiger partial charge in [-0.05, 0) is 86.3 Å². The van der Waals surface area contributed by atoms with Crippen molar-refractivity contribution in [2.24, 2.45) is 10.9 Å². The number of hydrogen-bond donors (Lipinski definition) is 5. The minimum Gasteiger partial charge on any atom is -0.491 e. The van der Waals surface area contributed by atoms with Crippen LogP contribution >= 0.6 is 0 Å². The number of ether oxygens (including phenoxy) is 2. The third-order valence-corrected chi connectivity index (χ3v) is 5.84. The number of aliphatic hydroxyl groups excluding tert-OH is 1. The van der Waals surface area contributed by atoms with E-state index >= 15 is 0 Å². The van der Waals surface area contributed by atoms with Crippen molar-refractivity contribution in [3.05, 3.63) is 82.5 Å². The Labute approximate surface area is 233 Å². The van der Waals surface area contributed by atoms with E-state index in [1.807, 2.05) is 19.9 Å². The number of anilines is 2. The fourth-order valence-corrected chi connectivity index (χ4v) is 4.01. The molecule has 0 aliphatic rings. The van der Waals surface area contributed by atoms with E-state index in [4.69, 9.17) is 20.4 Å². The monoisotopic (exact) mass is 549 g/mol. The number of pyridine rings is 1. The predicted octanol–water partition coefficient (Wildman–Crippen LogP) is 3.82. The number of esters is 1. The molecule has 6 N–H and O–H groups in total. The first kappa shape index (κ1) is 29.9. The second-order valence-corrected chi connectivity index (χ2v) is 9.13. The zero-order valence-corrected chi connectivity index (χ0v) is 22.8. The van der Waals surface area contributed by atoms with Gasteiger partial charge in [0.25, 0.3) is 5.91 Å². The quantitative estimate of drug-likeness (QED) is 0.0700. The Morgan fingerprint density at radius 3 is 2.55 bits per heavy atom. The zero-order chi connectivity index (χ0) is 29.1. The molecule has 11 heteroatoms. The molecule has 0 atom stereocenters. The average molecular weight is 550 g/mol. The molecule has 11 nitrogen and oxygen atoms in total. The van der Waals surface area contributed by atoms with Gasteiger partial charge in [0.15, 0.2) is 5.84 Å². The first-order valence-corrected chi connectivity index (χ1v) is 12.9. The van der Waals surface area contributed by atoms with E-state index < -0.39 is 0 Å². The summed E-state index contributed by atoms with van der Waals surface area (Å²) >= 11 is 0. The topological polar surface area (TPSA) is 168 Å². The molecule has 0 fully saturated rings. The van der Waals surface area contributed by atoms with Gasteiger partial charge in [-0.25, -0.2) is 4.98 Å². The molecule has 0 aliphatic carbocycles. The van der Waals surface area contributed by atoms with E-state index in [0.29, 0.717) is 47.0 Å². The molecule has 3 rings (SSSR count). The smallest absolute Gasteiger partial charge is 0.306 e. The Bertz CT molecular complexity index is 1340. The van der Waals surface area contributed by atoms with Crippen LogP contribution in [0.1, 0.15) is 59.8 Å². The van der Waals surface area contributed by atoms with Crippen LogP contribution < -0.4 is 21.1 Å². The van der Waals surface area contributed by atoms with Crippen LogP contribution in [0.25, 0.3) is 0 Å². The second-order valence-electron chi connectivity index (χ2n) is 9.13. The van der Waals surface area contributed by atoms with Crippen LogP contribution in [0, 0.1) is 0 Å². The number of oxime groups is 1. The summed E-state index contributed by atoms with van der Waals surface area (Å²) in [5.41, 5.74) is 9.19. The molecule has 0 unspecified atom stereocenters. The number of carbonyl (C=O) groups excluding carboxylic acids is 2. The Hall–Kier alpha value is -4.64. The molecule has 0 saturated carbocycles. The predicted molar refractivity (Wildman–Crippen MR) is 152 cm³/mol. The number of amidine groups is 1. The van der Waals surface area contributed by atoms with E-state index in [0.717, 1.165) is 11.1 Å². The highest BCUT2D eigenvalue weighted by Gasteiger charge is 2.18. The van der Waals surface area contributed by atoms with E-state index in [1.165, 1.54) is 0 Å². The van der Waals surface area contributed by atoms with E-state index in [-0.39, 0.29) is 43.4 Å². The van der Waals surface area contributed by atoms with Gasteiger partial charge in [0, 0.05) is 30.4 Å². The Morgan fingerprint density at radius 2 is 1.90 bits per heavy atom. The van der Waals surface area contributed by atoms with Crippen LogP contribution in [0.4, 0.5) is 11.5 Å². The lowest BCUT2D eigenvalue weighted by molar-refractivity contribution is -0.143. The summed E-state index contributed by atoms with van der Waals surface area (Å²) in [5, 5.41) is 27.7. The number of aromatic nitrogens is 1. The van der Waals surface area contributed by atoms with Gasteiger partial charge in [0.1, 0.15) is 11.6 Å². The van der Waals surface area contributed by atoms with Crippen molar-refractivity contribution < 1.29 is 29.4 Å². The van der Waals surface area contributed by atoms with Crippen LogP contribution in [-0.2, 0) is 29.1 Å². The van der Waals surface area contributed by atoms with Crippen molar-refractivity contribution in [1.29, 1.82) is 0 Å². The highest BCUT2D eigenvalue weighted by molar-refractivity contribution is 6.07. The molecule has 0 spiro atoms. The molecule has 40 heavy (non-hydrogen) atoms. The van der Waals surface area contributed by atoms with Crippen LogP contribution in [0.5, 0.6) is 5.75 Å². The van der Waals surface area contributed by atoms with Crippen molar-refractivity contribution in [3.8, 4) is 5.75 Å². The largest absolute Gasteiger partial charge is 0.491 e. The summed E-state index contributed by atoms with van der Waals surface area (Å²) in [6, 6.07) is 13.4. The number of hydrogen-bond acceptors (Lipinski definition) is 9. The molecular formula is C29H35N5O6. The summed E-state index contributed by atoms with van der Waals surface area (Å²) in [6.45, 7) is 5.93. The summed E-state index contributed by atoms with van der Waals surface area (Å²) in [5.74, 6) is 0.196. The summed E-state index contributed by atoms with van der Waals surface area (Å²) in [4.78, 5) is 29.6. The lowest BCUT2D eigenvalue weighted by Gasteiger charge is -2.20. The Kier molecular flexibility index (Phi) is 10.8. The highest BCUT2D eigenvalue weighted by Crippen LogP contribution is 2.29. The maximum atomic E-state index is 13.1. The van der Waals surface area contributed by atoms with Gasteiger partial charge in [-0.3, -0.25) is 9.59 Å². The maximum absolute atomic E-state index is 13.1. The molecule has 0 radical (unpaired) electrons. The van der Waals surface area contributed by atoms with Crippen LogP contribution in [0.2, 0.25) is 0 Å². The van der Waals surface area contributed by atoms with Crippen LogP contribution in [0.15, 0.2) is 59.9 Å². The molecular weight excluding hydrogens is 514 g/mol. The number of nitrogens with one attached hydrogen (secondary N) is 2. The number of benzene rings is 2. The molecule has 212 valence electrons. The number of nitrogens with two attached hydrogens (primary N) is 1. The minimum absolute atomic E-state index is 0.0366. The number of nitrogens with zero attached hydrogens (tertiary/aromatic N) is 2.